The molecule has 25 heavy (non-hydrogen) atoms. The number of hydrogen-bond donors (Lipinski definition) is 2. The maximum absolute atomic E-state index is 12.1. The molecule has 0 saturated carbocycles. The van der Waals surface area contributed by atoms with E-state index in [1.807, 2.05) is 18.2 Å². The number of carbonyl (C=O) groups excluding carboxylic acids is 1. The first-order valence-corrected chi connectivity index (χ1v) is 8.11. The van der Waals surface area contributed by atoms with Crippen molar-refractivity contribution in [3.63, 3.8) is 0 Å². The summed E-state index contributed by atoms with van der Waals surface area (Å²) in [6.45, 7) is 1.84. The highest BCUT2D eigenvalue weighted by atomic mass is 16.7. The molecule has 2 N–H and O–H groups in total. The summed E-state index contributed by atoms with van der Waals surface area (Å²) in [7, 11) is 0. The minimum Gasteiger partial charge on any atom is -0.486 e. The molecule has 2 aliphatic heterocycles. The van der Waals surface area contributed by atoms with Gasteiger partial charge in [0.25, 0.3) is 0 Å². The lowest BCUT2D eigenvalue weighted by Crippen LogP contribution is -2.17. The molecule has 1 amide bonds. The van der Waals surface area contributed by atoms with Crippen LogP contribution in [0.25, 0.3) is 0 Å². The predicted molar refractivity (Wildman–Crippen MR) is 91.7 cm³/mol. The fourth-order valence-electron chi connectivity index (χ4n) is 2.67. The zero-order valence-electron chi connectivity index (χ0n) is 13.5. The third-order valence-corrected chi connectivity index (χ3v) is 3.88. The van der Waals surface area contributed by atoms with Crippen LogP contribution in [0.2, 0.25) is 0 Å². The molecular formula is C18H18N2O5. The van der Waals surface area contributed by atoms with Crippen LogP contribution in [0, 0.1) is 0 Å². The monoisotopic (exact) mass is 342 g/mol. The van der Waals surface area contributed by atoms with Crippen molar-refractivity contribution in [2.75, 3.05) is 37.2 Å². The lowest BCUT2D eigenvalue weighted by atomic mass is 10.2. The molecule has 0 bridgehead atoms. The molecule has 130 valence electrons. The van der Waals surface area contributed by atoms with E-state index in [2.05, 4.69) is 10.6 Å². The highest BCUT2D eigenvalue weighted by molar-refractivity contribution is 5.91. The highest BCUT2D eigenvalue weighted by Crippen LogP contribution is 2.34. The van der Waals surface area contributed by atoms with Crippen molar-refractivity contribution in [1.29, 1.82) is 0 Å². The molecule has 2 aromatic rings. The van der Waals surface area contributed by atoms with Gasteiger partial charge in [-0.1, -0.05) is 0 Å². The molecule has 2 aliphatic rings. The Balaban J connectivity index is 1.27. The largest absolute Gasteiger partial charge is 0.486 e. The molecule has 4 rings (SSSR count). The number of nitrogens with one attached hydrogen (secondary N) is 2. The van der Waals surface area contributed by atoms with Gasteiger partial charge in [-0.25, -0.2) is 0 Å². The van der Waals surface area contributed by atoms with E-state index in [1.54, 1.807) is 18.2 Å². The molecule has 7 heteroatoms. The Morgan fingerprint density at radius 3 is 2.36 bits per heavy atom. The van der Waals surface area contributed by atoms with Gasteiger partial charge in [0.1, 0.15) is 13.2 Å². The number of carbonyl (C=O) groups is 1. The second-order valence-corrected chi connectivity index (χ2v) is 5.65. The summed E-state index contributed by atoms with van der Waals surface area (Å²) in [6.07, 6.45) is 0.336. The van der Waals surface area contributed by atoms with E-state index < -0.39 is 0 Å². The number of anilines is 2. The molecule has 0 radical (unpaired) electrons. The molecule has 0 aliphatic carbocycles. The van der Waals surface area contributed by atoms with Crippen molar-refractivity contribution < 1.29 is 23.7 Å². The molecule has 7 nitrogen and oxygen atoms in total. The average molecular weight is 342 g/mol. The summed E-state index contributed by atoms with van der Waals surface area (Å²) in [5, 5.41) is 6.06. The van der Waals surface area contributed by atoms with Gasteiger partial charge in [-0.3, -0.25) is 4.79 Å². The van der Waals surface area contributed by atoms with Crippen LogP contribution in [0.4, 0.5) is 11.4 Å². The maximum atomic E-state index is 12.1. The van der Waals surface area contributed by atoms with E-state index in [0.29, 0.717) is 43.4 Å². The average Bonchev–Trinajstić information content (AvgIpc) is 3.09. The molecule has 0 fully saturated rings. The third kappa shape index (κ3) is 3.55. The van der Waals surface area contributed by atoms with E-state index >= 15 is 0 Å². The van der Waals surface area contributed by atoms with Gasteiger partial charge in [0.05, 0.1) is 0 Å². The maximum Gasteiger partial charge on any atom is 0.231 e. The first-order valence-electron chi connectivity index (χ1n) is 8.11. The van der Waals surface area contributed by atoms with Crippen molar-refractivity contribution in [2.24, 2.45) is 0 Å². The van der Waals surface area contributed by atoms with Crippen LogP contribution >= 0.6 is 0 Å². The summed E-state index contributed by atoms with van der Waals surface area (Å²) in [5.41, 5.74) is 1.58. The Hall–Kier alpha value is -3.09. The van der Waals surface area contributed by atoms with Crippen LogP contribution in [-0.4, -0.2) is 32.5 Å². The molecule has 0 spiro atoms. The Labute approximate surface area is 144 Å². The number of fused-ring (bicyclic) bond motifs is 2. The number of ether oxygens (including phenoxy) is 4. The Morgan fingerprint density at radius 2 is 1.48 bits per heavy atom. The summed E-state index contributed by atoms with van der Waals surface area (Å²) >= 11 is 0. The van der Waals surface area contributed by atoms with Gasteiger partial charge in [0.15, 0.2) is 23.0 Å². The van der Waals surface area contributed by atoms with E-state index in [9.17, 15) is 4.79 Å². The predicted octanol–water partition coefficient (Wildman–Crippen LogP) is 2.63. The number of amides is 1. The fourth-order valence-corrected chi connectivity index (χ4v) is 2.67. The van der Waals surface area contributed by atoms with Gasteiger partial charge in [0.2, 0.25) is 12.7 Å². The van der Waals surface area contributed by atoms with Crippen molar-refractivity contribution in [3.8, 4) is 23.0 Å². The zero-order valence-corrected chi connectivity index (χ0v) is 13.5. The third-order valence-electron chi connectivity index (χ3n) is 3.88. The van der Waals surface area contributed by atoms with Gasteiger partial charge < -0.3 is 29.6 Å². The summed E-state index contributed by atoms with van der Waals surface area (Å²) in [4.78, 5) is 12.1. The number of benzene rings is 2. The van der Waals surface area contributed by atoms with Gasteiger partial charge in [-0.05, 0) is 24.3 Å². The Bertz CT molecular complexity index is 793. The van der Waals surface area contributed by atoms with Crippen LogP contribution in [0.3, 0.4) is 0 Å². The molecule has 0 aromatic heterocycles. The minimum atomic E-state index is -0.0797. The standard InChI is InChI=1S/C18H18N2O5/c21-18(20-13-2-4-15-17(10-13)25-11-24-15)5-6-19-12-1-3-14-16(9-12)23-8-7-22-14/h1-4,9-10,19H,5-8,11H2,(H,20,21). The SMILES string of the molecule is O=C(CCNc1ccc2c(c1)OCCO2)Nc1ccc2c(c1)OCO2. The summed E-state index contributed by atoms with van der Waals surface area (Å²) in [6, 6.07) is 11.0. The van der Waals surface area contributed by atoms with Crippen molar-refractivity contribution in [1.82, 2.24) is 0 Å². The van der Waals surface area contributed by atoms with E-state index in [1.165, 1.54) is 0 Å². The van der Waals surface area contributed by atoms with Crippen LogP contribution in [0.15, 0.2) is 36.4 Å². The quantitative estimate of drug-likeness (QED) is 0.870. The first-order chi connectivity index (χ1) is 12.3. The molecule has 2 heterocycles. The van der Waals surface area contributed by atoms with Crippen molar-refractivity contribution >= 4 is 17.3 Å². The topological polar surface area (TPSA) is 78.1 Å². The van der Waals surface area contributed by atoms with Crippen molar-refractivity contribution in [3.05, 3.63) is 36.4 Å². The molecule has 0 saturated heterocycles. The lowest BCUT2D eigenvalue weighted by Gasteiger charge is -2.19. The lowest BCUT2D eigenvalue weighted by molar-refractivity contribution is -0.115. The second kappa shape index (κ2) is 6.80. The van der Waals surface area contributed by atoms with Gasteiger partial charge >= 0.3 is 0 Å². The van der Waals surface area contributed by atoms with Crippen LogP contribution in [-0.2, 0) is 4.79 Å². The van der Waals surface area contributed by atoms with Gasteiger partial charge in [0, 0.05) is 36.5 Å². The summed E-state index contributed by atoms with van der Waals surface area (Å²) in [5.74, 6) is 2.73. The fraction of sp³-hybridized carbons (Fsp3) is 0.278. The van der Waals surface area contributed by atoms with Crippen LogP contribution in [0.1, 0.15) is 6.42 Å². The number of hydrogen-bond acceptors (Lipinski definition) is 6. The summed E-state index contributed by atoms with van der Waals surface area (Å²) < 4.78 is 21.6. The van der Waals surface area contributed by atoms with E-state index in [0.717, 1.165) is 17.2 Å². The van der Waals surface area contributed by atoms with Crippen LogP contribution in [0.5, 0.6) is 23.0 Å². The Kier molecular flexibility index (Phi) is 4.20. The molecule has 2 aromatic carbocycles. The first kappa shape index (κ1) is 15.4. The zero-order chi connectivity index (χ0) is 17.1. The molecular weight excluding hydrogens is 324 g/mol. The Morgan fingerprint density at radius 1 is 0.840 bits per heavy atom. The second-order valence-electron chi connectivity index (χ2n) is 5.65. The molecule has 0 atom stereocenters. The van der Waals surface area contributed by atoms with E-state index in [-0.39, 0.29) is 12.7 Å². The molecule has 0 unspecified atom stereocenters. The van der Waals surface area contributed by atoms with E-state index in [4.69, 9.17) is 18.9 Å². The normalized spacial score (nSPS) is 14.1. The van der Waals surface area contributed by atoms with Crippen molar-refractivity contribution in [2.45, 2.75) is 6.42 Å². The van der Waals surface area contributed by atoms with Gasteiger partial charge in [-0.2, -0.15) is 0 Å². The van der Waals surface area contributed by atoms with Gasteiger partial charge in [-0.15, -0.1) is 0 Å². The van der Waals surface area contributed by atoms with Crippen LogP contribution < -0.4 is 29.6 Å². The smallest absolute Gasteiger partial charge is 0.231 e. The number of rotatable bonds is 5. The highest BCUT2D eigenvalue weighted by Gasteiger charge is 2.14. The minimum absolute atomic E-state index is 0.0797.